The summed E-state index contributed by atoms with van der Waals surface area (Å²) in [6.45, 7) is 2.94. The molecule has 1 nitrogen and oxygen atoms in total. The lowest BCUT2D eigenvalue weighted by molar-refractivity contribution is -0.236. The number of carbonyl (C=O) groups excluding carboxylic acids is 1. The minimum Gasteiger partial charge on any atom is -0.299 e. The van der Waals surface area contributed by atoms with Crippen molar-refractivity contribution >= 4 is 5.78 Å². The van der Waals surface area contributed by atoms with E-state index in [-0.39, 0.29) is 6.92 Å². The Bertz CT molecular complexity index is 212. The first kappa shape index (κ1) is 14.3. The van der Waals surface area contributed by atoms with Crippen LogP contribution in [0.15, 0.2) is 0 Å². The summed E-state index contributed by atoms with van der Waals surface area (Å²) in [5.74, 6) is -8.29. The maximum atomic E-state index is 12.6. The van der Waals surface area contributed by atoms with E-state index in [2.05, 4.69) is 0 Å². The molecule has 0 saturated heterocycles. The third kappa shape index (κ3) is 4.57. The molecule has 0 N–H and O–H groups in total. The lowest BCUT2D eigenvalue weighted by Crippen LogP contribution is -2.39. The molecule has 1 atom stereocenters. The number of hydrogen-bond acceptors (Lipinski definition) is 1. The van der Waals surface area contributed by atoms with Crippen LogP contribution in [0.1, 0.15) is 27.2 Å². The van der Waals surface area contributed by atoms with Gasteiger partial charge in [-0.3, -0.25) is 4.79 Å². The molecule has 0 aromatic rings. The molecule has 0 heterocycles. The van der Waals surface area contributed by atoms with E-state index in [9.17, 15) is 26.7 Å². The van der Waals surface area contributed by atoms with Crippen LogP contribution in [0, 0.1) is 11.8 Å². The number of alkyl halides is 5. The molecule has 1 unspecified atom stereocenters. The number of carbonyl (C=O) groups is 1. The van der Waals surface area contributed by atoms with E-state index in [1.807, 2.05) is 0 Å². The predicted molar refractivity (Wildman–Crippen MR) is 44.6 cm³/mol. The van der Waals surface area contributed by atoms with Gasteiger partial charge in [-0.25, -0.2) is 8.78 Å². The highest BCUT2D eigenvalue weighted by Crippen LogP contribution is 2.40. The van der Waals surface area contributed by atoms with E-state index >= 15 is 0 Å². The summed E-state index contributed by atoms with van der Waals surface area (Å²) in [5, 5.41) is 0. The van der Waals surface area contributed by atoms with Crippen molar-refractivity contribution in [1.29, 1.82) is 0 Å². The average Bonchev–Trinajstić information content (AvgIpc) is 1.94. The minimum atomic E-state index is -5.05. The molecule has 0 aromatic carbocycles. The van der Waals surface area contributed by atoms with E-state index < -0.39 is 36.1 Å². The van der Waals surface area contributed by atoms with Gasteiger partial charge in [0.05, 0.1) is 0 Å². The Balaban J connectivity index is 4.77. The normalized spacial score (nSPS) is 15.5. The van der Waals surface area contributed by atoms with Gasteiger partial charge in [0.1, 0.15) is 11.7 Å². The smallest absolute Gasteiger partial charge is 0.299 e. The first-order valence-corrected chi connectivity index (χ1v) is 4.43. The maximum Gasteiger partial charge on any atom is 0.397 e. The minimum absolute atomic E-state index is 0.179. The number of hydrogen-bond donors (Lipinski definition) is 0. The molecule has 15 heavy (non-hydrogen) atoms. The summed E-state index contributed by atoms with van der Waals surface area (Å²) in [6.07, 6.45) is -6.21. The summed E-state index contributed by atoms with van der Waals surface area (Å²) in [4.78, 5) is 11.0. The van der Waals surface area contributed by atoms with Gasteiger partial charge < -0.3 is 0 Å². The number of rotatable bonds is 4. The highest BCUT2D eigenvalue weighted by molar-refractivity contribution is 5.80. The Labute approximate surface area is 84.6 Å². The molecule has 0 aliphatic rings. The van der Waals surface area contributed by atoms with Crippen LogP contribution in [-0.4, -0.2) is 17.9 Å². The van der Waals surface area contributed by atoms with Crippen LogP contribution in [0.3, 0.4) is 0 Å². The largest absolute Gasteiger partial charge is 0.397 e. The third-order valence-corrected chi connectivity index (χ3v) is 2.06. The zero-order valence-corrected chi connectivity index (χ0v) is 8.66. The summed E-state index contributed by atoms with van der Waals surface area (Å²) in [7, 11) is 0. The second-order valence-corrected chi connectivity index (χ2v) is 3.88. The number of halogens is 5. The van der Waals surface area contributed by atoms with Crippen molar-refractivity contribution in [3.8, 4) is 0 Å². The molecule has 0 spiro atoms. The molecule has 0 radical (unpaired) electrons. The van der Waals surface area contributed by atoms with Crippen molar-refractivity contribution in [2.45, 2.75) is 39.3 Å². The lowest BCUT2D eigenvalue weighted by atomic mass is 9.91. The Hall–Kier alpha value is -0.680. The summed E-state index contributed by atoms with van der Waals surface area (Å²) in [5.41, 5.74) is 0. The van der Waals surface area contributed by atoms with Crippen LogP contribution in [-0.2, 0) is 4.79 Å². The Kier molecular flexibility index (Phi) is 4.25. The molecular weight excluding hydrogens is 219 g/mol. The molecule has 0 aliphatic carbocycles. The molecule has 0 aliphatic heterocycles. The second-order valence-electron chi connectivity index (χ2n) is 3.88. The van der Waals surface area contributed by atoms with Gasteiger partial charge in [-0.1, -0.05) is 13.8 Å². The average molecular weight is 232 g/mol. The number of Topliss-reactive ketones (excluding diaryl/α,β-unsaturated/α-hetero) is 1. The van der Waals surface area contributed by atoms with Crippen molar-refractivity contribution < 1.29 is 26.7 Å². The van der Waals surface area contributed by atoms with E-state index in [0.29, 0.717) is 0 Å². The molecule has 0 rings (SSSR count). The topological polar surface area (TPSA) is 17.1 Å². The van der Waals surface area contributed by atoms with Gasteiger partial charge in [0, 0.05) is 12.3 Å². The van der Waals surface area contributed by atoms with Gasteiger partial charge in [0.15, 0.2) is 0 Å². The zero-order chi connectivity index (χ0) is 12.4. The molecule has 0 aromatic heterocycles. The van der Waals surface area contributed by atoms with Crippen LogP contribution >= 0.6 is 0 Å². The first-order valence-electron chi connectivity index (χ1n) is 4.43. The zero-order valence-electron chi connectivity index (χ0n) is 8.66. The predicted octanol–water partition coefficient (Wildman–Crippen LogP) is 3.44. The monoisotopic (exact) mass is 232 g/mol. The third-order valence-electron chi connectivity index (χ3n) is 2.06. The van der Waals surface area contributed by atoms with Crippen molar-refractivity contribution in [3.05, 3.63) is 0 Å². The van der Waals surface area contributed by atoms with Crippen molar-refractivity contribution in [2.75, 3.05) is 0 Å². The fraction of sp³-hybridized carbons (Fsp3) is 0.889. The van der Waals surface area contributed by atoms with Crippen LogP contribution < -0.4 is 0 Å². The van der Waals surface area contributed by atoms with Crippen molar-refractivity contribution in [3.63, 3.8) is 0 Å². The van der Waals surface area contributed by atoms with E-state index in [1.54, 1.807) is 0 Å². The fourth-order valence-electron chi connectivity index (χ4n) is 1.02. The lowest BCUT2D eigenvalue weighted by Gasteiger charge is -2.25. The quantitative estimate of drug-likeness (QED) is 0.678. The van der Waals surface area contributed by atoms with Gasteiger partial charge in [0.2, 0.25) is 0 Å². The van der Waals surface area contributed by atoms with Gasteiger partial charge in [0.25, 0.3) is 5.92 Å². The van der Waals surface area contributed by atoms with Crippen LogP contribution in [0.2, 0.25) is 0 Å². The van der Waals surface area contributed by atoms with Gasteiger partial charge in [-0.15, -0.1) is 0 Å². The standard InChI is InChI=1S/C9H13F5O/c1-5(2)6(15)4-7(8(3,10)11)9(12,13)14/h5,7H,4H2,1-3H3. The highest BCUT2D eigenvalue weighted by atomic mass is 19.4. The first-order chi connectivity index (χ1) is 6.46. The van der Waals surface area contributed by atoms with Crippen LogP contribution in [0.25, 0.3) is 0 Å². The molecule has 90 valence electrons. The summed E-state index contributed by atoms with van der Waals surface area (Å²) < 4.78 is 61.9. The Morgan fingerprint density at radius 1 is 1.13 bits per heavy atom. The molecule has 6 heteroatoms. The SMILES string of the molecule is CC(C)C(=O)CC(C(C)(F)F)C(F)(F)F. The summed E-state index contributed by atoms with van der Waals surface area (Å²) >= 11 is 0. The number of ketones is 1. The van der Waals surface area contributed by atoms with Crippen LogP contribution in [0.5, 0.6) is 0 Å². The maximum absolute atomic E-state index is 12.6. The molecule has 0 bridgehead atoms. The molecular formula is C9H13F5O. The molecule has 0 saturated carbocycles. The second kappa shape index (κ2) is 4.45. The van der Waals surface area contributed by atoms with Gasteiger partial charge in [-0.2, -0.15) is 13.2 Å². The molecule has 0 amide bonds. The van der Waals surface area contributed by atoms with E-state index in [4.69, 9.17) is 0 Å². The van der Waals surface area contributed by atoms with Crippen molar-refractivity contribution in [1.82, 2.24) is 0 Å². The van der Waals surface area contributed by atoms with Crippen molar-refractivity contribution in [2.24, 2.45) is 11.8 Å². The Morgan fingerprint density at radius 2 is 1.53 bits per heavy atom. The van der Waals surface area contributed by atoms with Gasteiger partial charge >= 0.3 is 6.18 Å². The Morgan fingerprint density at radius 3 is 1.73 bits per heavy atom. The fourth-order valence-corrected chi connectivity index (χ4v) is 1.02. The van der Waals surface area contributed by atoms with Crippen LogP contribution in [0.4, 0.5) is 22.0 Å². The van der Waals surface area contributed by atoms with E-state index in [1.165, 1.54) is 13.8 Å². The van der Waals surface area contributed by atoms with E-state index in [0.717, 1.165) is 0 Å². The molecule has 0 fully saturated rings. The van der Waals surface area contributed by atoms with Gasteiger partial charge in [-0.05, 0) is 6.92 Å². The summed E-state index contributed by atoms with van der Waals surface area (Å²) in [6, 6.07) is 0. The highest BCUT2D eigenvalue weighted by Gasteiger charge is 2.53.